The molecule has 0 atom stereocenters. The van der Waals surface area contributed by atoms with Gasteiger partial charge in [0.05, 0.1) is 18.4 Å². The third-order valence-corrected chi connectivity index (χ3v) is 2.87. The fraction of sp³-hybridized carbons (Fsp3) is 0.556. The van der Waals surface area contributed by atoms with Crippen molar-refractivity contribution in [3.63, 3.8) is 0 Å². The average molecular weight is 322 g/mol. The van der Waals surface area contributed by atoms with E-state index in [4.69, 9.17) is 14.2 Å². The summed E-state index contributed by atoms with van der Waals surface area (Å²) in [4.78, 5) is 23.8. The molecule has 5 nitrogen and oxygen atoms in total. The molecule has 23 heavy (non-hydrogen) atoms. The van der Waals surface area contributed by atoms with Crippen LogP contribution >= 0.6 is 0 Å². The molecule has 0 saturated heterocycles. The summed E-state index contributed by atoms with van der Waals surface area (Å²) in [5.74, 6) is -0.349. The molecule has 0 unspecified atom stereocenters. The van der Waals surface area contributed by atoms with E-state index in [0.29, 0.717) is 18.3 Å². The maximum atomic E-state index is 12.0. The second kappa shape index (κ2) is 8.56. The monoisotopic (exact) mass is 322 g/mol. The lowest BCUT2D eigenvalue weighted by atomic mass is 10.2. The normalized spacial score (nSPS) is 11.0. The fourth-order valence-electron chi connectivity index (χ4n) is 1.49. The van der Waals surface area contributed by atoms with Gasteiger partial charge in [0.1, 0.15) is 0 Å². The molecule has 0 bridgehead atoms. The first-order valence-electron chi connectivity index (χ1n) is 7.91. The Morgan fingerprint density at radius 3 is 1.91 bits per heavy atom. The minimum absolute atomic E-state index is 0.154. The van der Waals surface area contributed by atoms with Gasteiger partial charge in [-0.2, -0.15) is 0 Å². The van der Waals surface area contributed by atoms with Crippen molar-refractivity contribution >= 4 is 11.9 Å². The molecule has 0 heterocycles. The number of hydrogen-bond acceptors (Lipinski definition) is 5. The van der Waals surface area contributed by atoms with Crippen LogP contribution in [0.1, 0.15) is 41.5 Å². The van der Waals surface area contributed by atoms with E-state index in [1.165, 1.54) is 0 Å². The number of rotatable bonds is 7. The van der Waals surface area contributed by atoms with E-state index >= 15 is 0 Å². The highest BCUT2D eigenvalue weighted by Gasteiger charge is 2.21. The van der Waals surface area contributed by atoms with Crippen LogP contribution in [0.2, 0.25) is 0 Å². The Labute approximate surface area is 137 Å². The summed E-state index contributed by atoms with van der Waals surface area (Å²) in [7, 11) is 0. The minimum Gasteiger partial charge on any atom is -0.489 e. The van der Waals surface area contributed by atoms with E-state index in [0.717, 1.165) is 0 Å². The van der Waals surface area contributed by atoms with Crippen molar-refractivity contribution in [2.24, 2.45) is 17.8 Å². The first-order chi connectivity index (χ1) is 10.7. The molecule has 0 saturated carbocycles. The van der Waals surface area contributed by atoms with Crippen molar-refractivity contribution in [3.8, 4) is 17.2 Å². The Bertz CT molecular complexity index is 546. The Morgan fingerprint density at radius 2 is 1.39 bits per heavy atom. The standard InChI is InChI=1S/C18H26O5/c1-11(2)10-21-14-8-7-9-15(22-17(19)12(3)4)16(14)23-18(20)13(5)6/h7-9,11-13H,10H2,1-6H3. The first kappa shape index (κ1) is 19.0. The molecule has 1 aromatic carbocycles. The van der Waals surface area contributed by atoms with Crippen LogP contribution < -0.4 is 14.2 Å². The van der Waals surface area contributed by atoms with Gasteiger partial charge in [0, 0.05) is 0 Å². The van der Waals surface area contributed by atoms with Crippen LogP contribution in [0.5, 0.6) is 17.2 Å². The molecule has 1 rings (SSSR count). The van der Waals surface area contributed by atoms with Crippen LogP contribution in [0, 0.1) is 17.8 Å². The van der Waals surface area contributed by atoms with Crippen molar-refractivity contribution in [1.29, 1.82) is 0 Å². The van der Waals surface area contributed by atoms with Gasteiger partial charge in [0.2, 0.25) is 5.75 Å². The smallest absolute Gasteiger partial charge is 0.314 e. The van der Waals surface area contributed by atoms with Crippen molar-refractivity contribution in [3.05, 3.63) is 18.2 Å². The van der Waals surface area contributed by atoms with E-state index in [1.54, 1.807) is 45.9 Å². The number of para-hydroxylation sites is 1. The third kappa shape index (κ3) is 5.93. The molecule has 0 fully saturated rings. The van der Waals surface area contributed by atoms with E-state index < -0.39 is 11.9 Å². The topological polar surface area (TPSA) is 61.8 Å². The Balaban J connectivity index is 3.13. The van der Waals surface area contributed by atoms with Gasteiger partial charge in [-0.1, -0.05) is 47.6 Å². The number of carbonyl (C=O) groups excluding carboxylic acids is 2. The number of esters is 2. The molecule has 0 N–H and O–H groups in total. The minimum atomic E-state index is -0.410. The lowest BCUT2D eigenvalue weighted by Crippen LogP contribution is -2.19. The molecule has 0 aromatic heterocycles. The van der Waals surface area contributed by atoms with Gasteiger partial charge < -0.3 is 14.2 Å². The molecule has 0 radical (unpaired) electrons. The summed E-state index contributed by atoms with van der Waals surface area (Å²) in [6.45, 7) is 11.4. The maximum absolute atomic E-state index is 12.0. The largest absolute Gasteiger partial charge is 0.489 e. The van der Waals surface area contributed by atoms with Gasteiger partial charge in [-0.3, -0.25) is 9.59 Å². The Morgan fingerprint density at radius 1 is 0.870 bits per heavy atom. The molecule has 0 aliphatic carbocycles. The number of hydrogen-bond donors (Lipinski definition) is 0. The third-order valence-electron chi connectivity index (χ3n) is 2.87. The van der Waals surface area contributed by atoms with Gasteiger partial charge in [-0.05, 0) is 18.1 Å². The molecule has 0 aliphatic rings. The van der Waals surface area contributed by atoms with E-state index in [2.05, 4.69) is 0 Å². The average Bonchev–Trinajstić information content (AvgIpc) is 2.46. The maximum Gasteiger partial charge on any atom is 0.314 e. The van der Waals surface area contributed by atoms with Crippen LogP contribution in [-0.2, 0) is 9.59 Å². The number of ether oxygens (including phenoxy) is 3. The highest BCUT2D eigenvalue weighted by molar-refractivity contribution is 5.79. The van der Waals surface area contributed by atoms with Crippen molar-refractivity contribution in [1.82, 2.24) is 0 Å². The summed E-state index contributed by atoms with van der Waals surface area (Å²) in [5.41, 5.74) is 0. The lowest BCUT2D eigenvalue weighted by molar-refractivity contribution is -0.140. The molecule has 1 aromatic rings. The Hall–Kier alpha value is -2.04. The highest BCUT2D eigenvalue weighted by Crippen LogP contribution is 2.38. The second-order valence-corrected chi connectivity index (χ2v) is 6.44. The Kier molecular flexibility index (Phi) is 7.07. The van der Waals surface area contributed by atoms with Gasteiger partial charge in [-0.15, -0.1) is 0 Å². The molecular weight excluding hydrogens is 296 g/mol. The predicted molar refractivity (Wildman–Crippen MR) is 87.7 cm³/mol. The summed E-state index contributed by atoms with van der Waals surface area (Å²) in [6, 6.07) is 4.98. The van der Waals surface area contributed by atoms with Crippen LogP contribution in [0.3, 0.4) is 0 Å². The highest BCUT2D eigenvalue weighted by atomic mass is 16.6. The second-order valence-electron chi connectivity index (χ2n) is 6.44. The van der Waals surface area contributed by atoms with Crippen molar-refractivity contribution in [2.75, 3.05) is 6.61 Å². The van der Waals surface area contributed by atoms with Crippen LogP contribution in [0.15, 0.2) is 18.2 Å². The molecule has 5 heteroatoms. The van der Waals surface area contributed by atoms with E-state index in [1.807, 2.05) is 13.8 Å². The van der Waals surface area contributed by atoms with Gasteiger partial charge in [0.25, 0.3) is 0 Å². The zero-order valence-electron chi connectivity index (χ0n) is 14.7. The van der Waals surface area contributed by atoms with Crippen molar-refractivity contribution in [2.45, 2.75) is 41.5 Å². The van der Waals surface area contributed by atoms with Gasteiger partial charge >= 0.3 is 11.9 Å². The van der Waals surface area contributed by atoms with Gasteiger partial charge in [-0.25, -0.2) is 0 Å². The summed E-state index contributed by atoms with van der Waals surface area (Å²) in [6.07, 6.45) is 0. The van der Waals surface area contributed by atoms with Crippen LogP contribution in [0.4, 0.5) is 0 Å². The molecule has 128 valence electrons. The zero-order valence-corrected chi connectivity index (χ0v) is 14.7. The molecule has 0 spiro atoms. The quantitative estimate of drug-likeness (QED) is 0.564. The summed E-state index contributed by atoms with van der Waals surface area (Å²) >= 11 is 0. The van der Waals surface area contributed by atoms with Gasteiger partial charge in [0.15, 0.2) is 11.5 Å². The lowest BCUT2D eigenvalue weighted by Gasteiger charge is -2.17. The van der Waals surface area contributed by atoms with E-state index in [9.17, 15) is 9.59 Å². The van der Waals surface area contributed by atoms with E-state index in [-0.39, 0.29) is 23.3 Å². The van der Waals surface area contributed by atoms with Crippen LogP contribution in [0.25, 0.3) is 0 Å². The summed E-state index contributed by atoms with van der Waals surface area (Å²) in [5, 5.41) is 0. The van der Waals surface area contributed by atoms with Crippen molar-refractivity contribution < 1.29 is 23.8 Å². The van der Waals surface area contributed by atoms with Crippen LogP contribution in [-0.4, -0.2) is 18.5 Å². The first-order valence-corrected chi connectivity index (χ1v) is 7.91. The molecule has 0 amide bonds. The number of benzene rings is 1. The SMILES string of the molecule is CC(C)COc1cccc(OC(=O)C(C)C)c1OC(=O)C(C)C. The fourth-order valence-corrected chi connectivity index (χ4v) is 1.49. The molecule has 0 aliphatic heterocycles. The zero-order chi connectivity index (χ0) is 17.6. The predicted octanol–water partition coefficient (Wildman–Crippen LogP) is 3.84. The number of carbonyl (C=O) groups is 2. The molecular formula is C18H26O5. The summed E-state index contributed by atoms with van der Waals surface area (Å²) < 4.78 is 16.4.